The first-order valence-electron chi connectivity index (χ1n) is 15.5. The van der Waals surface area contributed by atoms with Crippen molar-refractivity contribution in [3.63, 3.8) is 0 Å². The number of benzene rings is 1. The molecule has 1 spiro atoms. The molecule has 3 fully saturated rings. The molecule has 0 saturated carbocycles. The SMILES string of the molecule is CC.CC/C(=C\C=C1\C(=O)OCC1C)CCN1CCC[P+]2(CCCN(CCc3ccc4c(c3C)COC4=O)C2)C1. The van der Waals surface area contributed by atoms with Crippen molar-refractivity contribution >= 4 is 19.2 Å². The number of esters is 2. The van der Waals surface area contributed by atoms with Gasteiger partial charge in [0.2, 0.25) is 0 Å². The van der Waals surface area contributed by atoms with E-state index in [-0.39, 0.29) is 17.9 Å². The molecule has 40 heavy (non-hydrogen) atoms. The van der Waals surface area contributed by atoms with Crippen molar-refractivity contribution in [1.29, 1.82) is 0 Å². The van der Waals surface area contributed by atoms with Gasteiger partial charge in [0.25, 0.3) is 0 Å². The summed E-state index contributed by atoms with van der Waals surface area (Å²) in [5, 5.41) is 0. The van der Waals surface area contributed by atoms with Crippen LogP contribution in [-0.2, 0) is 27.3 Å². The highest BCUT2D eigenvalue weighted by molar-refractivity contribution is 7.75. The van der Waals surface area contributed by atoms with Crippen LogP contribution in [-0.4, -0.2) is 79.4 Å². The summed E-state index contributed by atoms with van der Waals surface area (Å²) in [6.45, 7) is 16.0. The van der Waals surface area contributed by atoms with E-state index in [1.54, 1.807) is 0 Å². The Morgan fingerprint density at radius 2 is 1.73 bits per heavy atom. The Bertz CT molecular complexity index is 1130. The molecule has 0 bridgehead atoms. The molecule has 0 amide bonds. The fraction of sp³-hybridized carbons (Fsp3) is 0.636. The van der Waals surface area contributed by atoms with E-state index in [9.17, 15) is 9.59 Å². The van der Waals surface area contributed by atoms with Crippen molar-refractivity contribution in [3.8, 4) is 0 Å². The minimum Gasteiger partial charge on any atom is -0.462 e. The first kappa shape index (κ1) is 30.9. The van der Waals surface area contributed by atoms with Crippen LogP contribution in [0.3, 0.4) is 0 Å². The van der Waals surface area contributed by atoms with Crippen LogP contribution in [0, 0.1) is 12.8 Å². The van der Waals surface area contributed by atoms with Crippen molar-refractivity contribution in [1.82, 2.24) is 9.80 Å². The van der Waals surface area contributed by atoms with Gasteiger partial charge < -0.3 is 9.47 Å². The normalized spacial score (nSPS) is 26.5. The third kappa shape index (κ3) is 7.24. The van der Waals surface area contributed by atoms with Gasteiger partial charge >= 0.3 is 11.9 Å². The number of hydrogen-bond donors (Lipinski definition) is 0. The Labute approximate surface area is 242 Å². The molecule has 7 heteroatoms. The minimum absolute atomic E-state index is 0.149. The van der Waals surface area contributed by atoms with E-state index in [0.717, 1.165) is 49.1 Å². The minimum atomic E-state index is -0.974. The summed E-state index contributed by atoms with van der Waals surface area (Å²) >= 11 is 0. The van der Waals surface area contributed by atoms with E-state index >= 15 is 0 Å². The maximum absolute atomic E-state index is 11.9. The molecule has 4 aliphatic heterocycles. The van der Waals surface area contributed by atoms with Crippen molar-refractivity contribution < 1.29 is 19.1 Å². The highest BCUT2D eigenvalue weighted by Gasteiger charge is 2.45. The number of allylic oxidation sites excluding steroid dienone is 2. The molecular formula is C33H50N2O4P+. The van der Waals surface area contributed by atoms with Gasteiger partial charge in [-0.05, 0) is 56.2 Å². The fourth-order valence-electron chi connectivity index (χ4n) is 6.70. The fourth-order valence-corrected chi connectivity index (χ4v) is 11.5. The molecule has 3 saturated heterocycles. The highest BCUT2D eigenvalue weighted by atomic mass is 31.2. The molecule has 220 valence electrons. The largest absolute Gasteiger partial charge is 0.462 e. The Kier molecular flexibility index (Phi) is 11.0. The number of fused-ring (bicyclic) bond motifs is 1. The zero-order chi connectivity index (χ0) is 28.7. The quantitative estimate of drug-likeness (QED) is 0.205. The summed E-state index contributed by atoms with van der Waals surface area (Å²) in [5.74, 6) is -0.127. The highest BCUT2D eigenvalue weighted by Crippen LogP contribution is 2.63. The first-order chi connectivity index (χ1) is 19.4. The number of nitrogens with zero attached hydrogens (tertiary/aromatic N) is 2. The third-order valence-corrected chi connectivity index (χ3v) is 13.7. The maximum atomic E-state index is 11.9. The maximum Gasteiger partial charge on any atom is 0.338 e. The van der Waals surface area contributed by atoms with E-state index in [0.29, 0.717) is 13.2 Å². The van der Waals surface area contributed by atoms with E-state index in [1.807, 2.05) is 26.0 Å². The van der Waals surface area contributed by atoms with Gasteiger partial charge in [0.1, 0.15) is 19.2 Å². The number of carbonyl (C=O) groups excluding carboxylic acids is 2. The molecule has 0 radical (unpaired) electrons. The van der Waals surface area contributed by atoms with Crippen LogP contribution in [0.5, 0.6) is 0 Å². The second-order valence-electron chi connectivity index (χ2n) is 11.8. The van der Waals surface area contributed by atoms with Crippen molar-refractivity contribution in [2.24, 2.45) is 5.92 Å². The lowest BCUT2D eigenvalue weighted by molar-refractivity contribution is -0.135. The predicted octanol–water partition coefficient (Wildman–Crippen LogP) is 6.42. The molecule has 0 aliphatic carbocycles. The molecule has 1 aromatic carbocycles. The van der Waals surface area contributed by atoms with Gasteiger partial charge in [0.05, 0.1) is 24.5 Å². The summed E-state index contributed by atoms with van der Waals surface area (Å²) in [4.78, 5) is 29.3. The number of ether oxygens (including phenoxy) is 2. The van der Waals surface area contributed by atoms with Gasteiger partial charge in [-0.25, -0.2) is 9.59 Å². The van der Waals surface area contributed by atoms with Crippen molar-refractivity contribution in [2.45, 2.75) is 73.3 Å². The molecule has 0 N–H and O–H groups in total. The van der Waals surface area contributed by atoms with E-state index in [4.69, 9.17) is 9.47 Å². The Hall–Kier alpha value is -2.01. The molecule has 4 aliphatic rings. The zero-order valence-corrected chi connectivity index (χ0v) is 26.4. The smallest absolute Gasteiger partial charge is 0.338 e. The zero-order valence-electron chi connectivity index (χ0n) is 25.5. The molecule has 2 atom stereocenters. The summed E-state index contributed by atoms with van der Waals surface area (Å²) in [6, 6.07) is 4.11. The molecule has 6 nitrogen and oxygen atoms in total. The summed E-state index contributed by atoms with van der Waals surface area (Å²) in [5.41, 5.74) is 6.69. The lowest BCUT2D eigenvalue weighted by atomic mass is 9.97. The van der Waals surface area contributed by atoms with E-state index in [1.165, 1.54) is 67.5 Å². The molecule has 0 aromatic heterocycles. The van der Waals surface area contributed by atoms with E-state index in [2.05, 4.69) is 42.7 Å². The van der Waals surface area contributed by atoms with Gasteiger partial charge in [0, 0.05) is 50.5 Å². The third-order valence-electron chi connectivity index (χ3n) is 9.12. The lowest BCUT2D eigenvalue weighted by Gasteiger charge is -2.43. The topological polar surface area (TPSA) is 59.1 Å². The Balaban J connectivity index is 0.00000181. The Morgan fingerprint density at radius 3 is 2.38 bits per heavy atom. The van der Waals surface area contributed by atoms with Gasteiger partial charge in [-0.3, -0.25) is 9.80 Å². The van der Waals surface area contributed by atoms with Crippen LogP contribution in [0.4, 0.5) is 0 Å². The van der Waals surface area contributed by atoms with Gasteiger partial charge in [-0.1, -0.05) is 51.5 Å². The summed E-state index contributed by atoms with van der Waals surface area (Å²) in [6.07, 6.45) is 15.5. The average molecular weight is 570 g/mol. The predicted molar refractivity (Wildman–Crippen MR) is 165 cm³/mol. The van der Waals surface area contributed by atoms with E-state index < -0.39 is 7.26 Å². The number of carbonyl (C=O) groups is 2. The monoisotopic (exact) mass is 569 g/mol. The average Bonchev–Trinajstić information content (AvgIpc) is 3.51. The van der Waals surface area contributed by atoms with Crippen LogP contribution < -0.4 is 0 Å². The van der Waals surface area contributed by atoms with Crippen LogP contribution in [0.2, 0.25) is 0 Å². The second-order valence-corrected chi connectivity index (χ2v) is 15.9. The lowest BCUT2D eigenvalue weighted by Crippen LogP contribution is -2.43. The number of rotatable bonds is 8. The molecule has 2 unspecified atom stereocenters. The van der Waals surface area contributed by atoms with Crippen LogP contribution in [0.25, 0.3) is 0 Å². The first-order valence-corrected chi connectivity index (χ1v) is 18.1. The number of cyclic esters (lactones) is 2. The van der Waals surface area contributed by atoms with Crippen molar-refractivity contribution in [2.75, 3.05) is 57.7 Å². The molecule has 5 rings (SSSR count). The Morgan fingerprint density at radius 1 is 1.02 bits per heavy atom. The molecular weight excluding hydrogens is 519 g/mol. The van der Waals surface area contributed by atoms with Crippen molar-refractivity contribution in [3.05, 3.63) is 57.7 Å². The standard InChI is InChI=1S/C31H44N2O4P.C2H6/c1-4-25(7-9-27-23(2)19-36-30(27)34)11-15-32-13-5-17-38(21-32)18-6-14-33(22-38)16-12-26-8-10-28-29(24(26)3)20-37-31(28)35;1-2/h7-10,23H,4-6,11-22H2,1-3H3;1-2H3/q+1;/b25-7+,27-9+;. The van der Waals surface area contributed by atoms with Crippen LogP contribution in [0.1, 0.15) is 80.4 Å². The van der Waals surface area contributed by atoms with Gasteiger partial charge in [-0.15, -0.1) is 0 Å². The van der Waals surface area contributed by atoms with Crippen LogP contribution >= 0.6 is 7.26 Å². The van der Waals surface area contributed by atoms with Gasteiger partial charge in [-0.2, -0.15) is 0 Å². The van der Waals surface area contributed by atoms with Crippen LogP contribution in [0.15, 0.2) is 35.4 Å². The summed E-state index contributed by atoms with van der Waals surface area (Å²) in [7, 11) is -0.974. The second kappa shape index (κ2) is 14.2. The van der Waals surface area contributed by atoms with Gasteiger partial charge in [0.15, 0.2) is 0 Å². The molecule has 4 heterocycles. The number of hydrogen-bond acceptors (Lipinski definition) is 6. The summed E-state index contributed by atoms with van der Waals surface area (Å²) < 4.78 is 10.4. The molecule has 1 aromatic rings.